The van der Waals surface area contributed by atoms with Crippen molar-refractivity contribution in [3.63, 3.8) is 0 Å². The first kappa shape index (κ1) is 22.3. The number of unbranched alkanes of at least 4 members (excludes halogenated alkanes) is 3. The van der Waals surface area contributed by atoms with Gasteiger partial charge in [0.1, 0.15) is 10.9 Å². The number of primary amides is 1. The lowest BCUT2D eigenvalue weighted by Crippen LogP contribution is -2.15. The molecule has 5 nitrogen and oxygen atoms in total. The third-order valence-electron chi connectivity index (χ3n) is 4.56. The number of imidazole rings is 1. The molecule has 1 amide bonds. The number of carbonyl (C=O) groups excluding carboxylic acids is 1. The molecule has 1 heterocycles. The fourth-order valence-electron chi connectivity index (χ4n) is 3.26. The highest BCUT2D eigenvalue weighted by Gasteiger charge is 2.21. The zero-order chi connectivity index (χ0) is 20.7. The fraction of sp³-hybridized carbons (Fsp3) is 0.545. The van der Waals surface area contributed by atoms with Crippen molar-refractivity contribution in [2.45, 2.75) is 89.3 Å². The van der Waals surface area contributed by atoms with Crippen LogP contribution in [0.5, 0.6) is 0 Å². The molecule has 0 saturated carbocycles. The first-order valence-corrected chi connectivity index (χ1v) is 10.9. The maximum Gasteiger partial charge on any atom is 0.404 e. The third kappa shape index (κ3) is 6.30. The van der Waals surface area contributed by atoms with Crippen LogP contribution in [-0.2, 0) is 17.9 Å². The molecule has 0 radical (unpaired) electrons. The molecule has 0 atom stereocenters. The molecule has 28 heavy (non-hydrogen) atoms. The summed E-state index contributed by atoms with van der Waals surface area (Å²) in [5.74, 6) is 1.04. The van der Waals surface area contributed by atoms with Crippen LogP contribution in [-0.4, -0.2) is 15.6 Å². The minimum atomic E-state index is -0.768. The fourth-order valence-corrected chi connectivity index (χ4v) is 4.67. The van der Waals surface area contributed by atoms with Gasteiger partial charge in [0.05, 0.1) is 5.69 Å². The second-order valence-corrected chi connectivity index (χ2v) is 8.68. The van der Waals surface area contributed by atoms with Crippen LogP contribution in [0.15, 0.2) is 28.1 Å². The number of nitrogens with two attached hydrogens (primary N) is 1. The summed E-state index contributed by atoms with van der Waals surface area (Å²) >= 11 is 1.75. The summed E-state index contributed by atoms with van der Waals surface area (Å²) in [5.41, 5.74) is 8.73. The lowest BCUT2D eigenvalue weighted by Gasteiger charge is -2.14. The molecular weight excluding hydrogens is 370 g/mol. The highest BCUT2D eigenvalue weighted by Crippen LogP contribution is 2.36. The highest BCUT2D eigenvalue weighted by molar-refractivity contribution is 7.99. The second-order valence-electron chi connectivity index (χ2n) is 7.62. The molecule has 2 rings (SSSR count). The Kier molecular flexibility index (Phi) is 8.42. The minimum Gasteiger partial charge on any atom is -0.442 e. The molecule has 0 aliphatic rings. The molecule has 0 aliphatic carbocycles. The average Bonchev–Trinajstić information content (AvgIpc) is 2.94. The van der Waals surface area contributed by atoms with Crippen LogP contribution in [0, 0.1) is 13.8 Å². The highest BCUT2D eigenvalue weighted by atomic mass is 32.2. The summed E-state index contributed by atoms with van der Waals surface area (Å²) in [5, 5.41) is 1.14. The number of carbonyl (C=O) groups is 1. The van der Waals surface area contributed by atoms with Gasteiger partial charge >= 0.3 is 6.09 Å². The van der Waals surface area contributed by atoms with E-state index in [1.807, 2.05) is 0 Å². The van der Waals surface area contributed by atoms with Crippen LogP contribution < -0.4 is 5.73 Å². The molecule has 0 bridgehead atoms. The molecule has 0 aliphatic heterocycles. The van der Waals surface area contributed by atoms with Crippen LogP contribution >= 0.6 is 11.8 Å². The Morgan fingerprint density at radius 1 is 1.18 bits per heavy atom. The topological polar surface area (TPSA) is 70.1 Å². The monoisotopic (exact) mass is 403 g/mol. The van der Waals surface area contributed by atoms with E-state index in [2.05, 4.69) is 57.4 Å². The van der Waals surface area contributed by atoms with Crippen molar-refractivity contribution in [1.82, 2.24) is 9.55 Å². The molecule has 0 unspecified atom stereocenters. The van der Waals surface area contributed by atoms with Gasteiger partial charge < -0.3 is 15.0 Å². The quantitative estimate of drug-likeness (QED) is 0.498. The van der Waals surface area contributed by atoms with E-state index < -0.39 is 6.09 Å². The van der Waals surface area contributed by atoms with Crippen molar-refractivity contribution in [2.75, 3.05) is 0 Å². The molecule has 0 spiro atoms. The Morgan fingerprint density at radius 2 is 1.86 bits per heavy atom. The Morgan fingerprint density at radius 3 is 2.43 bits per heavy atom. The van der Waals surface area contributed by atoms with Gasteiger partial charge in [0.2, 0.25) is 0 Å². The summed E-state index contributed by atoms with van der Waals surface area (Å²) in [4.78, 5) is 17.2. The van der Waals surface area contributed by atoms with Gasteiger partial charge in [-0.1, -0.05) is 57.9 Å². The number of aromatic nitrogens is 2. The molecule has 1 aromatic heterocycles. The van der Waals surface area contributed by atoms with Gasteiger partial charge in [-0.3, -0.25) is 0 Å². The number of rotatable bonds is 10. The SMILES string of the molecule is CCCCCCn1c(COC(N)=O)nc(C(C)C)c1Sc1cc(C)cc(C)c1. The van der Waals surface area contributed by atoms with E-state index in [1.54, 1.807) is 11.8 Å². The Hall–Kier alpha value is -1.95. The van der Waals surface area contributed by atoms with E-state index in [9.17, 15) is 4.79 Å². The second kappa shape index (κ2) is 10.6. The maximum atomic E-state index is 11.1. The standard InChI is InChI=1S/C22H33N3O2S/c1-6-7-8-9-10-25-19(14-27-22(23)26)24-20(15(2)3)21(25)28-18-12-16(4)11-17(5)13-18/h11-13,15H,6-10,14H2,1-5H3,(H2,23,26). The van der Waals surface area contributed by atoms with Crippen molar-refractivity contribution in [3.05, 3.63) is 40.8 Å². The van der Waals surface area contributed by atoms with Gasteiger partial charge in [-0.25, -0.2) is 9.78 Å². The molecule has 6 heteroatoms. The average molecular weight is 404 g/mol. The molecule has 2 aromatic rings. The van der Waals surface area contributed by atoms with Gasteiger partial charge in [0, 0.05) is 11.4 Å². The number of amides is 1. The number of hydrogen-bond acceptors (Lipinski definition) is 4. The predicted molar refractivity (Wildman–Crippen MR) is 115 cm³/mol. The number of hydrogen-bond donors (Lipinski definition) is 1. The summed E-state index contributed by atoms with van der Waals surface area (Å²) < 4.78 is 7.30. The lowest BCUT2D eigenvalue weighted by molar-refractivity contribution is 0.145. The summed E-state index contributed by atoms with van der Waals surface area (Å²) in [7, 11) is 0. The maximum absolute atomic E-state index is 11.1. The molecule has 0 fully saturated rings. The van der Waals surface area contributed by atoms with E-state index in [0.717, 1.165) is 29.5 Å². The normalized spacial score (nSPS) is 11.2. The lowest BCUT2D eigenvalue weighted by atomic mass is 10.1. The van der Waals surface area contributed by atoms with Crippen LogP contribution in [0.3, 0.4) is 0 Å². The van der Waals surface area contributed by atoms with Crippen LogP contribution in [0.4, 0.5) is 4.79 Å². The first-order valence-electron chi connectivity index (χ1n) is 10.1. The Balaban J connectivity index is 2.40. The first-order chi connectivity index (χ1) is 13.3. The number of ether oxygens (including phenoxy) is 1. The zero-order valence-corrected chi connectivity index (χ0v) is 18.6. The number of benzene rings is 1. The third-order valence-corrected chi connectivity index (χ3v) is 5.66. The summed E-state index contributed by atoms with van der Waals surface area (Å²) in [6.07, 6.45) is 3.90. The van der Waals surface area contributed by atoms with Gasteiger partial charge in [-0.05, 0) is 49.4 Å². The van der Waals surface area contributed by atoms with Crippen molar-refractivity contribution in [3.8, 4) is 0 Å². The van der Waals surface area contributed by atoms with E-state index in [0.29, 0.717) is 0 Å². The van der Waals surface area contributed by atoms with Crippen molar-refractivity contribution in [1.29, 1.82) is 0 Å². The van der Waals surface area contributed by atoms with E-state index >= 15 is 0 Å². The molecule has 154 valence electrons. The van der Waals surface area contributed by atoms with E-state index in [-0.39, 0.29) is 12.5 Å². The van der Waals surface area contributed by atoms with Crippen LogP contribution in [0.1, 0.15) is 75.0 Å². The smallest absolute Gasteiger partial charge is 0.404 e. The van der Waals surface area contributed by atoms with Gasteiger partial charge in [-0.15, -0.1) is 0 Å². The molecule has 2 N–H and O–H groups in total. The van der Waals surface area contributed by atoms with Crippen molar-refractivity contribution < 1.29 is 9.53 Å². The van der Waals surface area contributed by atoms with Gasteiger partial charge in [0.15, 0.2) is 6.61 Å². The van der Waals surface area contributed by atoms with Crippen molar-refractivity contribution in [2.24, 2.45) is 5.73 Å². The zero-order valence-electron chi connectivity index (χ0n) is 17.7. The van der Waals surface area contributed by atoms with Gasteiger partial charge in [0.25, 0.3) is 0 Å². The number of aryl methyl sites for hydroxylation is 2. The van der Waals surface area contributed by atoms with Crippen molar-refractivity contribution >= 4 is 17.9 Å². The molecule has 0 saturated heterocycles. The predicted octanol–water partition coefficient (Wildman–Crippen LogP) is 5.95. The minimum absolute atomic E-state index is 0.107. The Labute approximate surface area is 173 Å². The van der Waals surface area contributed by atoms with E-state index in [4.69, 9.17) is 15.5 Å². The summed E-state index contributed by atoms with van der Waals surface area (Å²) in [6.45, 7) is 11.7. The Bertz CT molecular complexity index is 779. The molecular formula is C22H33N3O2S. The van der Waals surface area contributed by atoms with Crippen LogP contribution in [0.2, 0.25) is 0 Å². The van der Waals surface area contributed by atoms with Gasteiger partial charge in [-0.2, -0.15) is 0 Å². The summed E-state index contributed by atoms with van der Waals surface area (Å²) in [6, 6.07) is 6.59. The molecule has 1 aromatic carbocycles. The van der Waals surface area contributed by atoms with Crippen LogP contribution in [0.25, 0.3) is 0 Å². The largest absolute Gasteiger partial charge is 0.442 e. The number of nitrogens with zero attached hydrogens (tertiary/aromatic N) is 2. The van der Waals surface area contributed by atoms with E-state index in [1.165, 1.54) is 35.3 Å².